The zero-order valence-corrected chi connectivity index (χ0v) is 19.2. The lowest BCUT2D eigenvalue weighted by atomic mass is 9.91. The summed E-state index contributed by atoms with van der Waals surface area (Å²) in [5.74, 6) is -0.866. The normalized spacial score (nSPS) is 11.2. The average molecular weight is 457 g/mol. The Balaban J connectivity index is 1.73. The Labute approximate surface area is 189 Å². The Bertz CT molecular complexity index is 1190. The molecule has 0 unspecified atom stereocenters. The lowest BCUT2D eigenvalue weighted by Gasteiger charge is -2.25. The summed E-state index contributed by atoms with van der Waals surface area (Å²) in [5.41, 5.74) is 1.09. The van der Waals surface area contributed by atoms with Crippen LogP contribution in [-0.2, 0) is 4.74 Å². The SMILES string of the molecule is C=C(OC)C(C)(C)CNc1nc2ccc(C(=O)Oc3ccc(C(=N)NC)cc3F)cc2s1. The number of carbonyl (C=O) groups excluding carboxylic acids is 1. The van der Waals surface area contributed by atoms with Gasteiger partial charge in [0, 0.05) is 24.6 Å². The van der Waals surface area contributed by atoms with Crippen LogP contribution in [0.15, 0.2) is 48.7 Å². The smallest absolute Gasteiger partial charge is 0.343 e. The van der Waals surface area contributed by atoms with E-state index in [1.165, 1.54) is 23.5 Å². The van der Waals surface area contributed by atoms with E-state index in [0.717, 1.165) is 16.3 Å². The fourth-order valence-electron chi connectivity index (χ4n) is 2.84. The largest absolute Gasteiger partial charge is 0.501 e. The number of anilines is 1. The molecule has 0 radical (unpaired) electrons. The molecule has 3 aromatic rings. The quantitative estimate of drug-likeness (QED) is 0.148. The molecule has 168 valence electrons. The predicted molar refractivity (Wildman–Crippen MR) is 125 cm³/mol. The molecule has 0 saturated heterocycles. The van der Waals surface area contributed by atoms with Crippen molar-refractivity contribution in [2.45, 2.75) is 13.8 Å². The number of benzene rings is 2. The number of halogens is 1. The van der Waals surface area contributed by atoms with Gasteiger partial charge in [-0.2, -0.15) is 0 Å². The molecular weight excluding hydrogens is 431 g/mol. The molecule has 0 aliphatic rings. The van der Waals surface area contributed by atoms with E-state index in [-0.39, 0.29) is 22.6 Å². The molecule has 3 rings (SSSR count). The van der Waals surface area contributed by atoms with Crippen LogP contribution < -0.4 is 15.4 Å². The Morgan fingerprint density at radius 2 is 1.97 bits per heavy atom. The first-order valence-corrected chi connectivity index (χ1v) is 10.6. The van der Waals surface area contributed by atoms with Crippen LogP contribution in [-0.4, -0.2) is 37.5 Å². The van der Waals surface area contributed by atoms with Crippen LogP contribution in [0.2, 0.25) is 0 Å². The average Bonchev–Trinajstić information content (AvgIpc) is 3.20. The monoisotopic (exact) mass is 456 g/mol. The van der Waals surface area contributed by atoms with E-state index in [1.807, 2.05) is 13.8 Å². The summed E-state index contributed by atoms with van der Waals surface area (Å²) in [6.45, 7) is 8.53. The number of carbonyl (C=O) groups is 1. The molecule has 2 aromatic carbocycles. The van der Waals surface area contributed by atoms with Crippen molar-refractivity contribution in [1.82, 2.24) is 10.3 Å². The van der Waals surface area contributed by atoms with Crippen LogP contribution in [0, 0.1) is 16.6 Å². The highest BCUT2D eigenvalue weighted by molar-refractivity contribution is 7.22. The Kier molecular flexibility index (Phi) is 6.78. The number of hydrogen-bond donors (Lipinski definition) is 3. The highest BCUT2D eigenvalue weighted by Gasteiger charge is 2.23. The van der Waals surface area contributed by atoms with E-state index in [2.05, 4.69) is 22.2 Å². The van der Waals surface area contributed by atoms with E-state index in [1.54, 1.807) is 32.4 Å². The van der Waals surface area contributed by atoms with Crippen LogP contribution in [0.5, 0.6) is 5.75 Å². The molecule has 9 heteroatoms. The van der Waals surface area contributed by atoms with Crippen LogP contribution >= 0.6 is 11.3 Å². The van der Waals surface area contributed by atoms with Gasteiger partial charge in [0.05, 0.1) is 28.6 Å². The molecule has 3 N–H and O–H groups in total. The number of rotatable bonds is 8. The summed E-state index contributed by atoms with van der Waals surface area (Å²) >= 11 is 1.40. The van der Waals surface area contributed by atoms with Gasteiger partial charge in [0.25, 0.3) is 0 Å². The Morgan fingerprint density at radius 3 is 2.62 bits per heavy atom. The van der Waals surface area contributed by atoms with Crippen molar-refractivity contribution < 1.29 is 18.7 Å². The highest BCUT2D eigenvalue weighted by atomic mass is 32.1. The van der Waals surface area contributed by atoms with Gasteiger partial charge in [-0.05, 0) is 36.4 Å². The molecule has 7 nitrogen and oxygen atoms in total. The van der Waals surface area contributed by atoms with Gasteiger partial charge in [-0.15, -0.1) is 0 Å². The first-order valence-electron chi connectivity index (χ1n) is 9.81. The molecule has 0 saturated carbocycles. The second-order valence-electron chi connectivity index (χ2n) is 7.73. The molecule has 0 spiro atoms. The van der Waals surface area contributed by atoms with Gasteiger partial charge >= 0.3 is 5.97 Å². The van der Waals surface area contributed by atoms with Crippen molar-refractivity contribution in [1.29, 1.82) is 5.41 Å². The lowest BCUT2D eigenvalue weighted by molar-refractivity contribution is 0.0728. The number of fused-ring (bicyclic) bond motifs is 1. The summed E-state index contributed by atoms with van der Waals surface area (Å²) in [6.07, 6.45) is 0. The van der Waals surface area contributed by atoms with Crippen LogP contribution in [0.3, 0.4) is 0 Å². The first kappa shape index (κ1) is 23.2. The summed E-state index contributed by atoms with van der Waals surface area (Å²) in [6, 6.07) is 8.97. The van der Waals surface area contributed by atoms with Gasteiger partial charge in [0.1, 0.15) is 5.84 Å². The Morgan fingerprint density at radius 1 is 1.25 bits per heavy atom. The van der Waals surface area contributed by atoms with Crippen molar-refractivity contribution in [3.05, 3.63) is 65.7 Å². The van der Waals surface area contributed by atoms with E-state index in [4.69, 9.17) is 14.9 Å². The minimum absolute atomic E-state index is 0.0664. The summed E-state index contributed by atoms with van der Waals surface area (Å²) < 4.78 is 25.6. The molecule has 1 heterocycles. The van der Waals surface area contributed by atoms with Crippen LogP contribution in [0.4, 0.5) is 9.52 Å². The number of esters is 1. The number of ether oxygens (including phenoxy) is 2. The van der Waals surface area contributed by atoms with E-state index >= 15 is 0 Å². The van der Waals surface area contributed by atoms with Gasteiger partial charge < -0.3 is 20.1 Å². The third kappa shape index (κ3) is 5.05. The maximum absolute atomic E-state index is 14.3. The van der Waals surface area contributed by atoms with E-state index in [0.29, 0.717) is 23.0 Å². The lowest BCUT2D eigenvalue weighted by Crippen LogP contribution is -2.25. The van der Waals surface area contributed by atoms with Crippen LogP contribution in [0.1, 0.15) is 29.8 Å². The second-order valence-corrected chi connectivity index (χ2v) is 8.76. The zero-order chi connectivity index (χ0) is 23.5. The van der Waals surface area contributed by atoms with Crippen molar-refractivity contribution in [2.75, 3.05) is 26.0 Å². The second kappa shape index (κ2) is 9.35. The van der Waals surface area contributed by atoms with E-state index < -0.39 is 11.8 Å². The van der Waals surface area contributed by atoms with Gasteiger partial charge in [0.2, 0.25) is 0 Å². The summed E-state index contributed by atoms with van der Waals surface area (Å²) in [5, 5.41) is 14.3. The predicted octanol–water partition coefficient (Wildman–Crippen LogP) is 4.80. The van der Waals surface area contributed by atoms with Crippen molar-refractivity contribution in [3.8, 4) is 5.75 Å². The molecule has 32 heavy (non-hydrogen) atoms. The number of thiazole rings is 1. The number of methoxy groups -OCH3 is 1. The number of hydrogen-bond acceptors (Lipinski definition) is 7. The molecule has 0 aliphatic heterocycles. The molecule has 0 aliphatic carbocycles. The first-order chi connectivity index (χ1) is 15.1. The van der Waals surface area contributed by atoms with E-state index in [9.17, 15) is 9.18 Å². The molecule has 1 aromatic heterocycles. The van der Waals surface area contributed by atoms with Gasteiger partial charge in [-0.3, -0.25) is 5.41 Å². The molecule has 0 amide bonds. The molecular formula is C23H25FN4O3S. The summed E-state index contributed by atoms with van der Waals surface area (Å²) in [7, 11) is 3.16. The van der Waals surface area contributed by atoms with Gasteiger partial charge in [-0.1, -0.05) is 31.8 Å². The fraction of sp³-hybridized carbons (Fsp3) is 0.261. The number of amidine groups is 1. The molecule has 0 fully saturated rings. The van der Waals surface area contributed by atoms with Crippen molar-refractivity contribution in [2.24, 2.45) is 5.41 Å². The molecule has 0 atom stereocenters. The number of aromatic nitrogens is 1. The maximum atomic E-state index is 14.3. The summed E-state index contributed by atoms with van der Waals surface area (Å²) in [4.78, 5) is 17.1. The minimum atomic E-state index is -0.721. The van der Waals surface area contributed by atoms with Crippen molar-refractivity contribution in [3.63, 3.8) is 0 Å². The maximum Gasteiger partial charge on any atom is 0.343 e. The third-order valence-corrected chi connectivity index (χ3v) is 5.96. The standard InChI is InChI=1S/C23H25FN4O3S/c1-13(30-5)23(2,3)12-27-22-28-17-8-6-15(11-19(17)32-22)21(29)31-18-9-7-14(10-16(18)24)20(25)26-4/h6-11H,1,12H2,2-5H3,(H2,25,26)(H,27,28). The van der Waals surface area contributed by atoms with Crippen molar-refractivity contribution >= 4 is 38.5 Å². The third-order valence-electron chi connectivity index (χ3n) is 4.98. The highest BCUT2D eigenvalue weighted by Crippen LogP contribution is 2.30. The van der Waals surface area contributed by atoms with Gasteiger partial charge in [-0.25, -0.2) is 14.2 Å². The zero-order valence-electron chi connectivity index (χ0n) is 18.3. The number of nitrogens with one attached hydrogen (secondary N) is 3. The fourth-order valence-corrected chi connectivity index (χ4v) is 3.74. The topological polar surface area (TPSA) is 96.3 Å². The molecule has 0 bridgehead atoms. The Hall–Kier alpha value is -3.46. The van der Waals surface area contributed by atoms with Gasteiger partial charge in [0.15, 0.2) is 16.7 Å². The van der Waals surface area contributed by atoms with Crippen LogP contribution in [0.25, 0.3) is 10.2 Å². The number of nitrogens with zero attached hydrogens (tertiary/aromatic N) is 1. The minimum Gasteiger partial charge on any atom is -0.501 e.